The van der Waals surface area contributed by atoms with E-state index in [0.717, 1.165) is 40.8 Å². The van der Waals surface area contributed by atoms with Gasteiger partial charge < -0.3 is 5.32 Å². The second-order valence-electron chi connectivity index (χ2n) is 8.41. The molecule has 33 heavy (non-hydrogen) atoms. The molecule has 0 aliphatic heterocycles. The summed E-state index contributed by atoms with van der Waals surface area (Å²) in [5.41, 5.74) is 7.06. The van der Waals surface area contributed by atoms with E-state index in [0.29, 0.717) is 10.2 Å². The van der Waals surface area contributed by atoms with Crippen molar-refractivity contribution in [2.75, 3.05) is 5.32 Å². The van der Waals surface area contributed by atoms with Crippen molar-refractivity contribution in [2.45, 2.75) is 53.5 Å². The molecule has 2 aromatic carbocycles. The predicted molar refractivity (Wildman–Crippen MR) is 137 cm³/mol. The monoisotopic (exact) mass is 459 g/mol. The topological polar surface area (TPSA) is 64.0 Å². The minimum absolute atomic E-state index is 0.198. The van der Waals surface area contributed by atoms with Gasteiger partial charge in [-0.05, 0) is 61.4 Å². The van der Waals surface area contributed by atoms with Crippen LogP contribution in [0.4, 0.5) is 5.69 Å². The quantitative estimate of drug-likeness (QED) is 0.381. The van der Waals surface area contributed by atoms with Crippen molar-refractivity contribution in [3.8, 4) is 11.1 Å². The Balaban J connectivity index is 1.73. The molecule has 0 aliphatic rings. The molecular formula is C27H29N3O2S. The molecule has 6 heteroatoms. The highest BCUT2D eigenvalue weighted by atomic mass is 32.1. The van der Waals surface area contributed by atoms with Gasteiger partial charge in [0.2, 0.25) is 5.91 Å². The van der Waals surface area contributed by atoms with Crippen LogP contribution in [0.1, 0.15) is 49.1 Å². The summed E-state index contributed by atoms with van der Waals surface area (Å²) in [6.07, 6.45) is 3.13. The average Bonchev–Trinajstić information content (AvgIpc) is 3.26. The number of aromatic nitrogens is 2. The number of nitrogens with one attached hydrogen (secondary N) is 1. The maximum Gasteiger partial charge on any atom is 0.263 e. The summed E-state index contributed by atoms with van der Waals surface area (Å²) in [6.45, 7) is 10.0. The van der Waals surface area contributed by atoms with Gasteiger partial charge in [-0.25, -0.2) is 4.98 Å². The van der Waals surface area contributed by atoms with Crippen LogP contribution in [-0.2, 0) is 17.6 Å². The van der Waals surface area contributed by atoms with Gasteiger partial charge in [-0.3, -0.25) is 14.2 Å². The fraction of sp³-hybridized carbons (Fsp3) is 0.296. The van der Waals surface area contributed by atoms with Gasteiger partial charge in [0.15, 0.2) is 0 Å². The van der Waals surface area contributed by atoms with Crippen LogP contribution in [0.15, 0.2) is 52.9 Å². The van der Waals surface area contributed by atoms with Gasteiger partial charge >= 0.3 is 0 Å². The van der Waals surface area contributed by atoms with Gasteiger partial charge in [0.25, 0.3) is 5.56 Å². The van der Waals surface area contributed by atoms with E-state index in [-0.39, 0.29) is 11.5 Å². The van der Waals surface area contributed by atoms with Crippen molar-refractivity contribution in [3.63, 3.8) is 0 Å². The van der Waals surface area contributed by atoms with Crippen LogP contribution in [0.3, 0.4) is 0 Å². The van der Waals surface area contributed by atoms with Gasteiger partial charge in [-0.1, -0.05) is 50.2 Å². The zero-order valence-corrected chi connectivity index (χ0v) is 20.5. The van der Waals surface area contributed by atoms with E-state index in [1.165, 1.54) is 33.4 Å². The van der Waals surface area contributed by atoms with Crippen LogP contribution in [-0.4, -0.2) is 15.5 Å². The van der Waals surface area contributed by atoms with Crippen LogP contribution >= 0.6 is 11.3 Å². The van der Waals surface area contributed by atoms with Crippen molar-refractivity contribution in [3.05, 3.63) is 80.7 Å². The summed E-state index contributed by atoms with van der Waals surface area (Å²) in [5.74, 6) is -0.225. The van der Waals surface area contributed by atoms with E-state index in [2.05, 4.69) is 50.1 Å². The SMILES string of the molecule is CCc1cccc(CC)c1NC(=O)C(C)n1cnc2scc(-c3ccc(C)c(C)c3)c2c1=O. The molecule has 0 bridgehead atoms. The maximum absolute atomic E-state index is 13.5. The van der Waals surface area contributed by atoms with Gasteiger partial charge in [0.05, 0.1) is 11.7 Å². The highest BCUT2D eigenvalue weighted by Crippen LogP contribution is 2.32. The minimum atomic E-state index is -0.698. The van der Waals surface area contributed by atoms with Gasteiger partial charge in [-0.15, -0.1) is 11.3 Å². The lowest BCUT2D eigenvalue weighted by Crippen LogP contribution is -2.32. The molecule has 5 nitrogen and oxygen atoms in total. The molecular weight excluding hydrogens is 430 g/mol. The Morgan fingerprint density at radius 2 is 1.79 bits per heavy atom. The van der Waals surface area contributed by atoms with Crippen molar-refractivity contribution in [1.29, 1.82) is 0 Å². The molecule has 0 aliphatic carbocycles. The normalized spacial score (nSPS) is 12.2. The molecule has 0 radical (unpaired) electrons. The number of para-hydroxylation sites is 1. The molecule has 1 unspecified atom stereocenters. The number of hydrogen-bond donors (Lipinski definition) is 1. The van der Waals surface area contributed by atoms with Crippen molar-refractivity contribution >= 4 is 33.1 Å². The fourth-order valence-electron chi connectivity index (χ4n) is 4.10. The predicted octanol–water partition coefficient (Wildman–Crippen LogP) is 6.07. The van der Waals surface area contributed by atoms with E-state index in [9.17, 15) is 9.59 Å². The fourth-order valence-corrected chi connectivity index (χ4v) is 5.01. The van der Waals surface area contributed by atoms with Crippen molar-refractivity contribution in [2.24, 2.45) is 0 Å². The lowest BCUT2D eigenvalue weighted by Gasteiger charge is -2.19. The molecule has 0 saturated carbocycles. The molecule has 4 rings (SSSR count). The summed E-state index contributed by atoms with van der Waals surface area (Å²) < 4.78 is 1.44. The molecule has 0 saturated heterocycles. The Hall–Kier alpha value is -3.25. The number of hydrogen-bond acceptors (Lipinski definition) is 4. The number of carbonyl (C=O) groups excluding carboxylic acids is 1. The average molecular weight is 460 g/mol. The molecule has 1 atom stereocenters. The first-order chi connectivity index (χ1) is 15.8. The van der Waals surface area contributed by atoms with Crippen LogP contribution in [0.25, 0.3) is 21.3 Å². The number of rotatable bonds is 6. The number of aryl methyl sites for hydroxylation is 4. The lowest BCUT2D eigenvalue weighted by atomic mass is 10.0. The van der Waals surface area contributed by atoms with Crippen molar-refractivity contribution < 1.29 is 4.79 Å². The Kier molecular flexibility index (Phi) is 6.47. The number of amides is 1. The van der Waals surface area contributed by atoms with Gasteiger partial charge in [0.1, 0.15) is 10.9 Å². The maximum atomic E-state index is 13.5. The molecule has 1 N–H and O–H groups in total. The standard InChI is InChI=1S/C27H29N3O2S/c1-6-19-9-8-10-20(7-2)24(19)29-25(31)18(5)30-15-28-26-23(27(30)32)22(14-33-26)21-12-11-16(3)17(4)13-21/h8-15,18H,6-7H2,1-5H3,(H,29,31). The Labute approximate surface area is 198 Å². The second kappa shape index (κ2) is 9.32. The zero-order valence-electron chi connectivity index (χ0n) is 19.7. The third kappa shape index (κ3) is 4.23. The largest absolute Gasteiger partial charge is 0.324 e. The summed E-state index contributed by atoms with van der Waals surface area (Å²) in [5, 5.41) is 5.62. The summed E-state index contributed by atoms with van der Waals surface area (Å²) in [4.78, 5) is 31.9. The number of anilines is 1. The first-order valence-corrected chi connectivity index (χ1v) is 12.2. The third-order valence-corrected chi connectivity index (χ3v) is 7.27. The number of thiophene rings is 1. The van der Waals surface area contributed by atoms with E-state index in [4.69, 9.17) is 0 Å². The zero-order chi connectivity index (χ0) is 23.7. The van der Waals surface area contributed by atoms with Crippen LogP contribution in [0, 0.1) is 13.8 Å². The Bertz CT molecular complexity index is 1380. The summed E-state index contributed by atoms with van der Waals surface area (Å²) in [6, 6.07) is 11.6. The van der Waals surface area contributed by atoms with Crippen LogP contribution in [0.5, 0.6) is 0 Å². The third-order valence-electron chi connectivity index (χ3n) is 6.38. The first-order valence-electron chi connectivity index (χ1n) is 11.3. The van der Waals surface area contributed by atoms with Gasteiger partial charge in [0, 0.05) is 16.6 Å². The molecule has 1 amide bonds. The first kappa shape index (κ1) is 22.9. The van der Waals surface area contributed by atoms with Crippen LogP contribution in [0.2, 0.25) is 0 Å². The summed E-state index contributed by atoms with van der Waals surface area (Å²) in [7, 11) is 0. The molecule has 2 heterocycles. The Morgan fingerprint density at radius 3 is 2.42 bits per heavy atom. The molecule has 170 valence electrons. The van der Waals surface area contributed by atoms with Crippen LogP contribution < -0.4 is 10.9 Å². The highest BCUT2D eigenvalue weighted by Gasteiger charge is 2.22. The molecule has 0 fully saturated rings. The van der Waals surface area contributed by atoms with Crippen molar-refractivity contribution in [1.82, 2.24) is 9.55 Å². The Morgan fingerprint density at radius 1 is 1.09 bits per heavy atom. The minimum Gasteiger partial charge on any atom is -0.324 e. The number of benzene rings is 2. The van der Waals surface area contributed by atoms with E-state index in [1.807, 2.05) is 29.6 Å². The van der Waals surface area contributed by atoms with E-state index in [1.54, 1.807) is 6.92 Å². The molecule has 2 aromatic heterocycles. The summed E-state index contributed by atoms with van der Waals surface area (Å²) >= 11 is 1.45. The van der Waals surface area contributed by atoms with E-state index < -0.39 is 6.04 Å². The molecule has 0 spiro atoms. The van der Waals surface area contributed by atoms with E-state index >= 15 is 0 Å². The smallest absolute Gasteiger partial charge is 0.263 e. The lowest BCUT2D eigenvalue weighted by molar-refractivity contribution is -0.118. The highest BCUT2D eigenvalue weighted by molar-refractivity contribution is 7.17. The molecule has 4 aromatic rings. The number of fused-ring (bicyclic) bond motifs is 1. The number of nitrogens with zero attached hydrogens (tertiary/aromatic N) is 2. The van der Waals surface area contributed by atoms with Gasteiger partial charge in [-0.2, -0.15) is 0 Å². The second-order valence-corrected chi connectivity index (χ2v) is 9.27. The number of carbonyl (C=O) groups is 1.